The van der Waals surface area contributed by atoms with Crippen LogP contribution < -0.4 is 29.6 Å². The molecule has 170 valence electrons. The summed E-state index contributed by atoms with van der Waals surface area (Å²) in [6.07, 6.45) is 21.8. The average molecular weight is 443 g/mol. The quantitative estimate of drug-likeness (QED) is 0.157. The molecule has 4 nitrogen and oxygen atoms in total. The third kappa shape index (κ3) is 23.4. The summed E-state index contributed by atoms with van der Waals surface area (Å²) in [5, 5.41) is 8.06. The van der Waals surface area contributed by atoms with Crippen LogP contribution in [0.2, 0.25) is 0 Å². The standard InChI is InChI=1S/C23H48O4S.Na/c1-2-3-4-5-11-14-17-20-23(28(25,26)27)21-18-15-12-9-7-6-8-10-13-16-19-22-24;/h23-24H,2-22H2,1H3,(H,25,26,27);/q;+1/p-1. The van der Waals surface area contributed by atoms with Gasteiger partial charge in [0.25, 0.3) is 0 Å². The van der Waals surface area contributed by atoms with Crippen LogP contribution in [0.5, 0.6) is 0 Å². The number of aliphatic hydroxyl groups excluding tert-OH is 1. The van der Waals surface area contributed by atoms with Gasteiger partial charge in [0.15, 0.2) is 0 Å². The molecule has 1 unspecified atom stereocenters. The Morgan fingerprint density at radius 3 is 1.24 bits per heavy atom. The Morgan fingerprint density at radius 1 is 0.621 bits per heavy atom. The Hall–Kier alpha value is 0.870. The van der Waals surface area contributed by atoms with Gasteiger partial charge in [-0.1, -0.05) is 116 Å². The summed E-state index contributed by atoms with van der Waals surface area (Å²) < 4.78 is 34.5. The van der Waals surface area contributed by atoms with Gasteiger partial charge in [-0.05, 0) is 19.3 Å². The molecule has 6 heteroatoms. The van der Waals surface area contributed by atoms with E-state index in [-0.39, 0.29) is 29.6 Å². The first-order chi connectivity index (χ1) is 13.5. The van der Waals surface area contributed by atoms with E-state index in [1.165, 1.54) is 64.2 Å². The zero-order chi connectivity index (χ0) is 20.9. The van der Waals surface area contributed by atoms with Gasteiger partial charge in [0.05, 0.1) is 10.1 Å². The Morgan fingerprint density at radius 2 is 0.931 bits per heavy atom. The van der Waals surface area contributed by atoms with Crippen LogP contribution in [-0.2, 0) is 10.1 Å². The second-order valence-corrected chi connectivity index (χ2v) is 10.1. The maximum absolute atomic E-state index is 11.5. The minimum Gasteiger partial charge on any atom is -0.748 e. The Kier molecular flexibility index (Phi) is 26.0. The molecular formula is C23H47NaO4S. The average Bonchev–Trinajstić information content (AvgIpc) is 2.65. The van der Waals surface area contributed by atoms with E-state index in [9.17, 15) is 13.0 Å². The molecule has 0 bridgehead atoms. The van der Waals surface area contributed by atoms with Crippen LogP contribution in [-0.4, -0.2) is 29.9 Å². The third-order valence-corrected chi connectivity index (χ3v) is 7.01. The fourth-order valence-corrected chi connectivity index (χ4v) is 4.75. The fraction of sp³-hybridized carbons (Fsp3) is 1.00. The molecule has 0 rings (SSSR count). The second kappa shape index (κ2) is 23.5. The van der Waals surface area contributed by atoms with Crippen molar-refractivity contribution in [3.63, 3.8) is 0 Å². The van der Waals surface area contributed by atoms with Gasteiger partial charge in [-0.3, -0.25) is 0 Å². The molecule has 0 aromatic rings. The van der Waals surface area contributed by atoms with Crippen molar-refractivity contribution in [2.75, 3.05) is 6.61 Å². The summed E-state index contributed by atoms with van der Waals surface area (Å²) in [6.45, 7) is 2.51. The SMILES string of the molecule is CCCCCCCCCC(CCCCCCCCCCCCCO)S(=O)(=O)[O-].[Na+]. The Balaban J connectivity index is 0. The van der Waals surface area contributed by atoms with Crippen molar-refractivity contribution < 1.29 is 47.6 Å². The van der Waals surface area contributed by atoms with Crippen LogP contribution in [0.15, 0.2) is 0 Å². The number of rotatable bonds is 22. The summed E-state index contributed by atoms with van der Waals surface area (Å²) in [7, 11) is -4.15. The molecule has 0 spiro atoms. The number of hydrogen-bond acceptors (Lipinski definition) is 4. The zero-order valence-electron chi connectivity index (χ0n) is 19.5. The molecule has 0 saturated carbocycles. The van der Waals surface area contributed by atoms with Crippen LogP contribution in [0.25, 0.3) is 0 Å². The van der Waals surface area contributed by atoms with E-state index >= 15 is 0 Å². The maximum Gasteiger partial charge on any atom is 1.00 e. The molecule has 0 aliphatic heterocycles. The monoisotopic (exact) mass is 442 g/mol. The number of hydrogen-bond donors (Lipinski definition) is 1. The fourth-order valence-electron chi connectivity index (χ4n) is 3.84. The predicted octanol–water partition coefficient (Wildman–Crippen LogP) is 3.72. The molecule has 0 aliphatic rings. The zero-order valence-corrected chi connectivity index (χ0v) is 22.3. The largest absolute Gasteiger partial charge is 1.00 e. The van der Waals surface area contributed by atoms with Crippen molar-refractivity contribution in [2.24, 2.45) is 0 Å². The molecule has 1 atom stereocenters. The van der Waals surface area contributed by atoms with Gasteiger partial charge in [0, 0.05) is 11.9 Å². The Bertz CT molecular complexity index is 415. The van der Waals surface area contributed by atoms with E-state index in [1.807, 2.05) is 0 Å². The van der Waals surface area contributed by atoms with Gasteiger partial charge >= 0.3 is 29.6 Å². The molecule has 0 aromatic carbocycles. The van der Waals surface area contributed by atoms with Gasteiger partial charge in [0.2, 0.25) is 0 Å². The number of unbranched alkanes of at least 4 members (excludes halogenated alkanes) is 16. The van der Waals surface area contributed by atoms with Gasteiger partial charge in [-0.25, -0.2) is 8.42 Å². The predicted molar refractivity (Wildman–Crippen MR) is 119 cm³/mol. The molecule has 29 heavy (non-hydrogen) atoms. The van der Waals surface area contributed by atoms with E-state index in [0.717, 1.165) is 51.4 Å². The molecule has 0 fully saturated rings. The Labute approximate surface area is 204 Å². The second-order valence-electron chi connectivity index (χ2n) is 8.43. The molecule has 0 heterocycles. The summed E-state index contributed by atoms with van der Waals surface area (Å²) in [6, 6.07) is 0. The van der Waals surface area contributed by atoms with Crippen molar-refractivity contribution in [3.05, 3.63) is 0 Å². The van der Waals surface area contributed by atoms with Crippen LogP contribution in [0.4, 0.5) is 0 Å². The van der Waals surface area contributed by atoms with E-state index in [4.69, 9.17) is 5.11 Å². The van der Waals surface area contributed by atoms with E-state index in [1.54, 1.807) is 0 Å². The van der Waals surface area contributed by atoms with Gasteiger partial charge in [-0.2, -0.15) is 0 Å². The van der Waals surface area contributed by atoms with E-state index < -0.39 is 15.4 Å². The smallest absolute Gasteiger partial charge is 0.748 e. The molecular weight excluding hydrogens is 395 g/mol. The van der Waals surface area contributed by atoms with Crippen molar-refractivity contribution >= 4 is 10.1 Å². The summed E-state index contributed by atoms with van der Waals surface area (Å²) >= 11 is 0. The van der Waals surface area contributed by atoms with Crippen LogP contribution in [0.1, 0.15) is 135 Å². The van der Waals surface area contributed by atoms with Crippen molar-refractivity contribution in [2.45, 2.75) is 141 Å². The summed E-state index contributed by atoms with van der Waals surface area (Å²) in [5.74, 6) is 0. The van der Waals surface area contributed by atoms with Crippen molar-refractivity contribution in [1.82, 2.24) is 0 Å². The molecule has 0 aliphatic carbocycles. The first kappa shape index (κ1) is 32.1. The van der Waals surface area contributed by atoms with Gasteiger partial charge in [-0.15, -0.1) is 0 Å². The van der Waals surface area contributed by atoms with Crippen LogP contribution in [0, 0.1) is 0 Å². The molecule has 0 amide bonds. The third-order valence-electron chi connectivity index (χ3n) is 5.72. The summed E-state index contributed by atoms with van der Waals surface area (Å²) in [4.78, 5) is 0. The minimum atomic E-state index is -4.15. The molecule has 0 radical (unpaired) electrons. The van der Waals surface area contributed by atoms with Gasteiger partial charge < -0.3 is 9.66 Å². The van der Waals surface area contributed by atoms with Gasteiger partial charge in [0.1, 0.15) is 0 Å². The number of aliphatic hydroxyl groups is 1. The molecule has 0 saturated heterocycles. The summed E-state index contributed by atoms with van der Waals surface area (Å²) in [5.41, 5.74) is 0. The van der Waals surface area contributed by atoms with Crippen LogP contribution >= 0.6 is 0 Å². The maximum atomic E-state index is 11.5. The van der Waals surface area contributed by atoms with E-state index in [2.05, 4.69) is 6.92 Å². The molecule has 1 N–H and O–H groups in total. The van der Waals surface area contributed by atoms with Crippen molar-refractivity contribution in [3.8, 4) is 0 Å². The van der Waals surface area contributed by atoms with Crippen molar-refractivity contribution in [1.29, 1.82) is 0 Å². The first-order valence-electron chi connectivity index (χ1n) is 12.1. The normalized spacial score (nSPS) is 12.7. The van der Waals surface area contributed by atoms with E-state index in [0.29, 0.717) is 19.4 Å². The first-order valence-corrected chi connectivity index (χ1v) is 13.5. The van der Waals surface area contributed by atoms with Crippen LogP contribution in [0.3, 0.4) is 0 Å². The topological polar surface area (TPSA) is 77.4 Å². The molecule has 0 aromatic heterocycles. The minimum absolute atomic E-state index is 0.